The summed E-state index contributed by atoms with van der Waals surface area (Å²) >= 11 is -2.45. The van der Waals surface area contributed by atoms with Gasteiger partial charge >= 0.3 is 0 Å². The molecule has 3 unspecified atom stereocenters. The lowest BCUT2D eigenvalue weighted by molar-refractivity contribution is 0.0265. The molecule has 1 heterocycles. The standard InChI is InChI=1S/C20H22F3N3O3S/c1-12-9-25(11-15-7-16(21)8-18(22)19(15)23)10-13(2)26(12)20(27)14-3-5-17(6-4-14)24-30(28)29/h3-8,12-13,24H,9-11H2,1-2H3,(H,28,29)/p-1. The van der Waals surface area contributed by atoms with Gasteiger partial charge in [-0.3, -0.25) is 13.9 Å². The van der Waals surface area contributed by atoms with Crippen LogP contribution in [-0.4, -0.2) is 49.6 Å². The first kappa shape index (κ1) is 22.3. The topological polar surface area (TPSA) is 75.7 Å². The molecule has 6 nitrogen and oxygen atoms in total. The summed E-state index contributed by atoms with van der Waals surface area (Å²) in [6.07, 6.45) is 0. The van der Waals surface area contributed by atoms with Crippen LogP contribution in [0, 0.1) is 17.5 Å². The fourth-order valence-electron chi connectivity index (χ4n) is 3.85. The third kappa shape index (κ3) is 5.00. The minimum Gasteiger partial charge on any atom is -0.755 e. The molecule has 0 aromatic heterocycles. The van der Waals surface area contributed by atoms with Gasteiger partial charge in [-0.1, -0.05) is 0 Å². The first-order valence-corrected chi connectivity index (χ1v) is 10.4. The molecule has 162 valence electrons. The number of hydrogen-bond donors (Lipinski definition) is 1. The molecule has 0 spiro atoms. The molecule has 1 saturated heterocycles. The minimum absolute atomic E-state index is 0.0317. The SMILES string of the molecule is CC1CN(Cc2cc(F)cc(F)c2F)CC(C)N1C(=O)c1ccc(NS(=O)[O-])cc1. The number of halogens is 3. The van der Waals surface area contributed by atoms with Gasteiger partial charge in [-0.05, 0) is 44.2 Å². The number of anilines is 1. The van der Waals surface area contributed by atoms with Crippen molar-refractivity contribution in [1.82, 2.24) is 9.80 Å². The van der Waals surface area contributed by atoms with Crippen LogP contribution in [0.5, 0.6) is 0 Å². The number of carbonyl (C=O) groups is 1. The van der Waals surface area contributed by atoms with Crippen LogP contribution in [0.3, 0.4) is 0 Å². The van der Waals surface area contributed by atoms with E-state index in [9.17, 15) is 26.7 Å². The molecule has 2 aromatic rings. The smallest absolute Gasteiger partial charge is 0.254 e. The fourth-order valence-corrected chi connectivity index (χ4v) is 4.18. The van der Waals surface area contributed by atoms with Crippen LogP contribution in [0.1, 0.15) is 29.8 Å². The molecule has 2 aromatic carbocycles. The molecule has 1 N–H and O–H groups in total. The highest BCUT2D eigenvalue weighted by Gasteiger charge is 2.33. The Labute approximate surface area is 175 Å². The summed E-state index contributed by atoms with van der Waals surface area (Å²) in [5, 5.41) is 0. The average Bonchev–Trinajstić information content (AvgIpc) is 2.65. The summed E-state index contributed by atoms with van der Waals surface area (Å²) in [6, 6.07) is 7.10. The molecule has 3 atom stereocenters. The van der Waals surface area contributed by atoms with Gasteiger partial charge < -0.3 is 14.2 Å². The lowest BCUT2D eigenvalue weighted by Crippen LogP contribution is -2.58. The number of piperazine rings is 1. The van der Waals surface area contributed by atoms with E-state index >= 15 is 0 Å². The fraction of sp³-hybridized carbons (Fsp3) is 0.350. The third-order valence-electron chi connectivity index (χ3n) is 5.02. The van der Waals surface area contributed by atoms with Gasteiger partial charge in [-0.2, -0.15) is 0 Å². The molecule has 1 aliphatic rings. The van der Waals surface area contributed by atoms with Crippen molar-refractivity contribution >= 4 is 22.9 Å². The molecule has 1 fully saturated rings. The van der Waals surface area contributed by atoms with Crippen molar-refractivity contribution in [3.8, 4) is 0 Å². The van der Waals surface area contributed by atoms with Gasteiger partial charge in [0.15, 0.2) is 11.6 Å². The number of rotatable bonds is 5. The maximum Gasteiger partial charge on any atom is 0.254 e. The van der Waals surface area contributed by atoms with Gasteiger partial charge in [0.25, 0.3) is 5.91 Å². The second-order valence-corrected chi connectivity index (χ2v) is 8.05. The van der Waals surface area contributed by atoms with E-state index in [2.05, 4.69) is 4.72 Å². The molecule has 0 saturated carbocycles. The monoisotopic (exact) mass is 440 g/mol. The quantitative estimate of drug-likeness (QED) is 0.573. The van der Waals surface area contributed by atoms with E-state index in [-0.39, 0.29) is 30.1 Å². The van der Waals surface area contributed by atoms with Gasteiger partial charge in [0.1, 0.15) is 5.82 Å². The van der Waals surface area contributed by atoms with E-state index in [0.29, 0.717) is 30.4 Å². The summed E-state index contributed by atoms with van der Waals surface area (Å²) in [7, 11) is 0. The minimum atomic E-state index is -2.45. The van der Waals surface area contributed by atoms with E-state index in [1.54, 1.807) is 4.90 Å². The summed E-state index contributed by atoms with van der Waals surface area (Å²) in [5.41, 5.74) is 0.684. The zero-order chi connectivity index (χ0) is 22.0. The molecule has 0 radical (unpaired) electrons. The molecule has 30 heavy (non-hydrogen) atoms. The second kappa shape index (κ2) is 9.15. The van der Waals surface area contributed by atoms with Gasteiger partial charge in [0.2, 0.25) is 0 Å². The Bertz CT molecular complexity index is 946. The summed E-state index contributed by atoms with van der Waals surface area (Å²) in [6.45, 7) is 4.54. The van der Waals surface area contributed by atoms with E-state index in [0.717, 1.165) is 6.07 Å². The summed E-state index contributed by atoms with van der Waals surface area (Å²) in [5.74, 6) is -3.34. The lowest BCUT2D eigenvalue weighted by Gasteiger charge is -2.44. The Hall–Kier alpha value is -2.43. The second-order valence-electron chi connectivity index (χ2n) is 7.38. The van der Waals surface area contributed by atoms with Gasteiger partial charge in [-0.15, -0.1) is 0 Å². The molecule has 0 bridgehead atoms. The average molecular weight is 440 g/mol. The van der Waals surface area contributed by atoms with E-state index in [4.69, 9.17) is 0 Å². The highest BCUT2D eigenvalue weighted by atomic mass is 32.2. The summed E-state index contributed by atoms with van der Waals surface area (Å²) < 4.78 is 64.5. The zero-order valence-electron chi connectivity index (χ0n) is 16.4. The Kier molecular flexibility index (Phi) is 6.79. The van der Waals surface area contributed by atoms with Crippen LogP contribution < -0.4 is 4.72 Å². The van der Waals surface area contributed by atoms with Crippen molar-refractivity contribution in [1.29, 1.82) is 0 Å². The number of hydrogen-bond acceptors (Lipinski definition) is 4. The van der Waals surface area contributed by atoms with Crippen LogP contribution >= 0.6 is 0 Å². The van der Waals surface area contributed by atoms with Crippen molar-refractivity contribution in [2.45, 2.75) is 32.5 Å². The third-order valence-corrected chi connectivity index (χ3v) is 5.43. The highest BCUT2D eigenvalue weighted by Crippen LogP contribution is 2.23. The number of amides is 1. The molecule has 1 amide bonds. The van der Waals surface area contributed by atoms with E-state index < -0.39 is 28.7 Å². The van der Waals surface area contributed by atoms with Crippen molar-refractivity contribution < 1.29 is 26.7 Å². The molecular weight excluding hydrogens is 419 g/mol. The highest BCUT2D eigenvalue weighted by molar-refractivity contribution is 7.80. The first-order valence-electron chi connectivity index (χ1n) is 9.30. The van der Waals surface area contributed by atoms with Gasteiger partial charge in [0.05, 0.1) is 0 Å². The maximum absolute atomic E-state index is 14.0. The van der Waals surface area contributed by atoms with Crippen molar-refractivity contribution in [3.05, 3.63) is 65.0 Å². The number of nitrogens with zero attached hydrogens (tertiary/aromatic N) is 2. The normalized spacial score (nSPS) is 20.8. The maximum atomic E-state index is 14.0. The van der Waals surface area contributed by atoms with E-state index in [1.165, 1.54) is 24.3 Å². The molecule has 3 rings (SSSR count). The zero-order valence-corrected chi connectivity index (χ0v) is 17.2. The van der Waals surface area contributed by atoms with Crippen LogP contribution in [0.4, 0.5) is 18.9 Å². The molecule has 0 aliphatic carbocycles. The van der Waals surface area contributed by atoms with Crippen LogP contribution in [-0.2, 0) is 17.8 Å². The molecule has 10 heteroatoms. The Morgan fingerprint density at radius 3 is 2.30 bits per heavy atom. The van der Waals surface area contributed by atoms with Crippen LogP contribution in [0.2, 0.25) is 0 Å². The van der Waals surface area contributed by atoms with Crippen molar-refractivity contribution in [3.63, 3.8) is 0 Å². The molecular formula is C20H21F3N3O3S-. The van der Waals surface area contributed by atoms with Gasteiger partial charge in [0, 0.05) is 65.9 Å². The van der Waals surface area contributed by atoms with Crippen molar-refractivity contribution in [2.24, 2.45) is 0 Å². The lowest BCUT2D eigenvalue weighted by atomic mass is 10.0. The molecule has 1 aliphatic heterocycles. The number of benzene rings is 2. The Morgan fingerprint density at radius 2 is 1.73 bits per heavy atom. The first-order chi connectivity index (χ1) is 14.2. The number of nitrogens with one attached hydrogen (secondary N) is 1. The predicted molar refractivity (Wildman–Crippen MR) is 106 cm³/mol. The van der Waals surface area contributed by atoms with Crippen molar-refractivity contribution in [2.75, 3.05) is 17.8 Å². The summed E-state index contributed by atoms with van der Waals surface area (Å²) in [4.78, 5) is 16.5. The predicted octanol–water partition coefficient (Wildman–Crippen LogP) is 3.04. The Morgan fingerprint density at radius 1 is 1.13 bits per heavy atom. The number of carbonyl (C=O) groups excluding carboxylic acids is 1. The Balaban J connectivity index is 1.70. The van der Waals surface area contributed by atoms with Crippen LogP contribution in [0.25, 0.3) is 0 Å². The van der Waals surface area contributed by atoms with Crippen LogP contribution in [0.15, 0.2) is 36.4 Å². The van der Waals surface area contributed by atoms with E-state index in [1.807, 2.05) is 18.7 Å². The largest absolute Gasteiger partial charge is 0.755 e. The van der Waals surface area contributed by atoms with Gasteiger partial charge in [-0.25, -0.2) is 13.2 Å².